The summed E-state index contributed by atoms with van der Waals surface area (Å²) < 4.78 is 5.10. The highest BCUT2D eigenvalue weighted by molar-refractivity contribution is 5.72. The number of ether oxygens (including phenoxy) is 1. The van der Waals surface area contributed by atoms with Crippen molar-refractivity contribution < 1.29 is 14.6 Å². The normalized spacial score (nSPS) is 11.8. The lowest BCUT2D eigenvalue weighted by Crippen LogP contribution is -2.22. The third-order valence-electron chi connectivity index (χ3n) is 1.83. The first kappa shape index (κ1) is 11.2. The zero-order chi connectivity index (χ0) is 11.3. The van der Waals surface area contributed by atoms with Gasteiger partial charge in [0, 0.05) is 0 Å². The fraction of sp³-hybridized carbons (Fsp3) is 0.300. The molecule has 80 valence electrons. The molecule has 1 N–H and O–H groups in total. The molecular weight excluding hydrogens is 198 g/mol. The zero-order valence-electron chi connectivity index (χ0n) is 8.21. The molecule has 0 saturated carbocycles. The summed E-state index contributed by atoms with van der Waals surface area (Å²) in [5.74, 6) is -0.562. The number of carbonyl (C=O) groups is 1. The number of carboxylic acid groups (broad SMARTS) is 1. The molecule has 0 saturated heterocycles. The zero-order valence-corrected chi connectivity index (χ0v) is 8.21. The average Bonchev–Trinajstić information content (AvgIpc) is 2.21. The number of carboxylic acids is 1. The Balaban J connectivity index is 2.64. The van der Waals surface area contributed by atoms with E-state index in [1.54, 1.807) is 24.3 Å². The first-order valence-electron chi connectivity index (χ1n) is 4.41. The van der Waals surface area contributed by atoms with Gasteiger partial charge in [-0.1, -0.05) is 17.3 Å². The molecule has 0 heterocycles. The minimum absolute atomic E-state index is 0.106. The quantitative estimate of drug-likeness (QED) is 0.750. The van der Waals surface area contributed by atoms with Crippen molar-refractivity contribution in [1.82, 2.24) is 0 Å². The van der Waals surface area contributed by atoms with Crippen LogP contribution in [0, 0.1) is 4.91 Å². The number of hydrogen-bond acceptors (Lipinski definition) is 4. The predicted octanol–water partition coefficient (Wildman–Crippen LogP) is 1.80. The van der Waals surface area contributed by atoms with Crippen LogP contribution >= 0.6 is 0 Å². The van der Waals surface area contributed by atoms with Crippen LogP contribution in [-0.4, -0.2) is 17.2 Å². The van der Waals surface area contributed by atoms with Crippen molar-refractivity contribution in [3.05, 3.63) is 34.7 Å². The molecule has 1 rings (SSSR count). The second-order valence-corrected chi connectivity index (χ2v) is 3.03. The number of aliphatic carboxylic acids is 1. The molecule has 0 aromatic heterocycles. The van der Waals surface area contributed by atoms with E-state index < -0.39 is 12.1 Å². The molecule has 0 aliphatic carbocycles. The van der Waals surface area contributed by atoms with E-state index in [0.717, 1.165) is 5.56 Å². The van der Waals surface area contributed by atoms with Crippen LogP contribution in [0.1, 0.15) is 12.5 Å². The van der Waals surface area contributed by atoms with Crippen LogP contribution in [0.15, 0.2) is 29.4 Å². The van der Waals surface area contributed by atoms with Crippen molar-refractivity contribution in [2.75, 3.05) is 0 Å². The Morgan fingerprint density at radius 1 is 1.47 bits per heavy atom. The average molecular weight is 209 g/mol. The Morgan fingerprint density at radius 3 is 2.53 bits per heavy atom. The first-order chi connectivity index (χ1) is 7.13. The lowest BCUT2D eigenvalue weighted by Gasteiger charge is -2.10. The maximum atomic E-state index is 10.5. The monoisotopic (exact) mass is 209 g/mol. The molecule has 5 nitrogen and oxygen atoms in total. The summed E-state index contributed by atoms with van der Waals surface area (Å²) >= 11 is 0. The van der Waals surface area contributed by atoms with Crippen molar-refractivity contribution in [3.63, 3.8) is 0 Å². The van der Waals surface area contributed by atoms with Gasteiger partial charge in [-0.05, 0) is 24.6 Å². The summed E-state index contributed by atoms with van der Waals surface area (Å²) in [6, 6.07) is 6.57. The molecule has 1 aromatic carbocycles. The fourth-order valence-corrected chi connectivity index (χ4v) is 1.00. The minimum Gasteiger partial charge on any atom is -0.479 e. The summed E-state index contributed by atoms with van der Waals surface area (Å²) in [7, 11) is 0. The van der Waals surface area contributed by atoms with E-state index >= 15 is 0 Å². The van der Waals surface area contributed by atoms with E-state index in [9.17, 15) is 9.70 Å². The van der Waals surface area contributed by atoms with Crippen molar-refractivity contribution in [1.29, 1.82) is 0 Å². The van der Waals surface area contributed by atoms with Gasteiger partial charge in [0.25, 0.3) is 0 Å². The van der Waals surface area contributed by atoms with Crippen LogP contribution in [0.5, 0.6) is 5.75 Å². The number of hydrogen-bond donors (Lipinski definition) is 1. The first-order valence-corrected chi connectivity index (χ1v) is 4.41. The number of nitrogens with zero attached hydrogens (tertiary/aromatic N) is 1. The van der Waals surface area contributed by atoms with E-state index in [2.05, 4.69) is 5.18 Å². The molecule has 0 bridgehead atoms. The summed E-state index contributed by atoms with van der Waals surface area (Å²) in [4.78, 5) is 20.5. The molecule has 1 unspecified atom stereocenters. The maximum absolute atomic E-state index is 10.5. The van der Waals surface area contributed by atoms with Gasteiger partial charge in [-0.2, -0.15) is 4.91 Å². The number of nitroso groups, excluding NO2 is 1. The lowest BCUT2D eigenvalue weighted by atomic mass is 10.2. The van der Waals surface area contributed by atoms with Gasteiger partial charge in [-0.25, -0.2) is 4.79 Å². The van der Waals surface area contributed by atoms with Gasteiger partial charge in [-0.15, -0.1) is 0 Å². The second kappa shape index (κ2) is 5.09. The van der Waals surface area contributed by atoms with E-state index in [4.69, 9.17) is 9.84 Å². The van der Waals surface area contributed by atoms with Gasteiger partial charge in [0.2, 0.25) is 0 Å². The SMILES string of the molecule is CC(Oc1ccc(CN=O)cc1)C(=O)O. The minimum atomic E-state index is -1.02. The summed E-state index contributed by atoms with van der Waals surface area (Å²) in [6.07, 6.45) is -0.889. The largest absolute Gasteiger partial charge is 0.479 e. The van der Waals surface area contributed by atoms with Crippen molar-refractivity contribution in [2.45, 2.75) is 19.6 Å². The van der Waals surface area contributed by atoms with E-state index in [0.29, 0.717) is 5.75 Å². The Hall–Kier alpha value is -1.91. The van der Waals surface area contributed by atoms with Crippen molar-refractivity contribution in [3.8, 4) is 5.75 Å². The Labute approximate surface area is 86.7 Å². The van der Waals surface area contributed by atoms with Crippen LogP contribution in [0.2, 0.25) is 0 Å². The Kier molecular flexibility index (Phi) is 3.79. The van der Waals surface area contributed by atoms with Crippen LogP contribution in [-0.2, 0) is 11.3 Å². The molecule has 0 fully saturated rings. The van der Waals surface area contributed by atoms with Crippen LogP contribution in [0.25, 0.3) is 0 Å². The Morgan fingerprint density at radius 2 is 2.07 bits per heavy atom. The van der Waals surface area contributed by atoms with Crippen LogP contribution in [0.4, 0.5) is 0 Å². The van der Waals surface area contributed by atoms with Gasteiger partial charge in [0.1, 0.15) is 12.3 Å². The van der Waals surface area contributed by atoms with Crippen molar-refractivity contribution >= 4 is 5.97 Å². The summed E-state index contributed by atoms with van der Waals surface area (Å²) in [5.41, 5.74) is 0.764. The molecule has 15 heavy (non-hydrogen) atoms. The topological polar surface area (TPSA) is 76.0 Å². The fourth-order valence-electron chi connectivity index (χ4n) is 1.00. The molecule has 1 aromatic rings. The molecule has 0 amide bonds. The smallest absolute Gasteiger partial charge is 0.344 e. The molecule has 1 atom stereocenters. The third-order valence-corrected chi connectivity index (χ3v) is 1.83. The molecule has 5 heteroatoms. The summed E-state index contributed by atoms with van der Waals surface area (Å²) in [5, 5.41) is 11.3. The molecule has 0 radical (unpaired) electrons. The van der Waals surface area contributed by atoms with Gasteiger partial charge in [0.05, 0.1) is 0 Å². The van der Waals surface area contributed by atoms with Gasteiger partial charge >= 0.3 is 5.97 Å². The standard InChI is InChI=1S/C10H11NO4/c1-7(10(12)13)15-9-4-2-8(3-5-9)6-11-14/h2-5,7H,6H2,1H3,(H,12,13). The lowest BCUT2D eigenvalue weighted by molar-refractivity contribution is -0.144. The summed E-state index contributed by atoms with van der Waals surface area (Å²) in [6.45, 7) is 1.55. The second-order valence-electron chi connectivity index (χ2n) is 3.03. The van der Waals surface area contributed by atoms with Crippen LogP contribution in [0.3, 0.4) is 0 Å². The Bertz CT molecular complexity index is 347. The third kappa shape index (κ3) is 3.38. The van der Waals surface area contributed by atoms with Gasteiger partial charge in [0.15, 0.2) is 6.10 Å². The molecular formula is C10H11NO4. The highest BCUT2D eigenvalue weighted by Gasteiger charge is 2.11. The highest BCUT2D eigenvalue weighted by atomic mass is 16.5. The molecule has 0 aliphatic heterocycles. The molecule has 0 aliphatic rings. The van der Waals surface area contributed by atoms with Gasteiger partial charge < -0.3 is 9.84 Å². The number of benzene rings is 1. The van der Waals surface area contributed by atoms with Crippen molar-refractivity contribution in [2.24, 2.45) is 5.18 Å². The predicted molar refractivity (Wildman–Crippen MR) is 53.7 cm³/mol. The highest BCUT2D eigenvalue weighted by Crippen LogP contribution is 2.14. The van der Waals surface area contributed by atoms with E-state index in [1.165, 1.54) is 6.92 Å². The van der Waals surface area contributed by atoms with E-state index in [1.807, 2.05) is 0 Å². The van der Waals surface area contributed by atoms with E-state index in [-0.39, 0.29) is 6.54 Å². The maximum Gasteiger partial charge on any atom is 0.344 e. The van der Waals surface area contributed by atoms with Crippen LogP contribution < -0.4 is 4.74 Å². The number of rotatable bonds is 5. The molecule has 0 spiro atoms. The van der Waals surface area contributed by atoms with Gasteiger partial charge in [-0.3, -0.25) is 0 Å².